The van der Waals surface area contributed by atoms with Crippen LogP contribution in [-0.2, 0) is 6.42 Å². The monoisotopic (exact) mass is 256 g/mol. The molecule has 0 spiro atoms. The van der Waals surface area contributed by atoms with Gasteiger partial charge in [-0.1, -0.05) is 32.0 Å². The van der Waals surface area contributed by atoms with E-state index in [4.69, 9.17) is 0 Å². The molecule has 1 aromatic heterocycles. The van der Waals surface area contributed by atoms with Gasteiger partial charge in [0.2, 0.25) is 0 Å². The van der Waals surface area contributed by atoms with Gasteiger partial charge in [-0.2, -0.15) is 5.10 Å². The van der Waals surface area contributed by atoms with Gasteiger partial charge in [-0.3, -0.25) is 4.79 Å². The predicted octanol–water partition coefficient (Wildman–Crippen LogP) is 3.25. The minimum absolute atomic E-state index is 0.111. The number of rotatable bonds is 3. The molecule has 19 heavy (non-hydrogen) atoms. The number of nitrogens with zero attached hydrogens (tertiary/aromatic N) is 1. The van der Waals surface area contributed by atoms with Crippen LogP contribution in [0.3, 0.4) is 0 Å². The molecule has 1 heterocycles. The summed E-state index contributed by atoms with van der Waals surface area (Å²) in [5, 5.41) is 6.75. The van der Waals surface area contributed by atoms with Crippen molar-refractivity contribution in [2.75, 3.05) is 0 Å². The third-order valence-electron chi connectivity index (χ3n) is 3.37. The number of nitrogens with one attached hydrogen (secondary N) is 1. The Morgan fingerprint density at radius 2 is 1.95 bits per heavy atom. The lowest BCUT2D eigenvalue weighted by molar-refractivity contribution is 0.647. The molecule has 0 saturated carbocycles. The maximum atomic E-state index is 11.5. The zero-order valence-electron chi connectivity index (χ0n) is 11.9. The van der Waals surface area contributed by atoms with Gasteiger partial charge >= 0.3 is 0 Å². The Balaban J connectivity index is 2.48. The van der Waals surface area contributed by atoms with Crippen molar-refractivity contribution < 1.29 is 0 Å². The average molecular weight is 256 g/mol. The summed E-state index contributed by atoms with van der Waals surface area (Å²) in [7, 11) is 0. The number of aromatic nitrogens is 2. The zero-order chi connectivity index (χ0) is 14.0. The quantitative estimate of drug-likeness (QED) is 0.916. The molecule has 2 rings (SSSR count). The first-order valence-electron chi connectivity index (χ1n) is 6.64. The number of hydrogen-bond donors (Lipinski definition) is 1. The molecular weight excluding hydrogens is 236 g/mol. The molecule has 0 saturated heterocycles. The molecule has 0 unspecified atom stereocenters. The molecule has 0 bridgehead atoms. The first-order valence-corrected chi connectivity index (χ1v) is 6.64. The van der Waals surface area contributed by atoms with Gasteiger partial charge in [0.25, 0.3) is 5.56 Å². The highest BCUT2D eigenvalue weighted by molar-refractivity contribution is 5.64. The smallest absolute Gasteiger partial charge is 0.267 e. The summed E-state index contributed by atoms with van der Waals surface area (Å²) < 4.78 is 0. The second-order valence-corrected chi connectivity index (χ2v) is 5.45. The van der Waals surface area contributed by atoms with Crippen LogP contribution in [0.4, 0.5) is 0 Å². The van der Waals surface area contributed by atoms with Gasteiger partial charge < -0.3 is 0 Å². The normalized spacial score (nSPS) is 11.0. The minimum Gasteiger partial charge on any atom is -0.268 e. The van der Waals surface area contributed by atoms with Crippen molar-refractivity contribution in [1.82, 2.24) is 10.2 Å². The first-order chi connectivity index (χ1) is 8.99. The van der Waals surface area contributed by atoms with Crippen LogP contribution in [-0.4, -0.2) is 10.2 Å². The second-order valence-electron chi connectivity index (χ2n) is 5.45. The van der Waals surface area contributed by atoms with Gasteiger partial charge in [0, 0.05) is 11.1 Å². The molecule has 0 atom stereocenters. The van der Waals surface area contributed by atoms with Crippen LogP contribution in [0.25, 0.3) is 11.3 Å². The van der Waals surface area contributed by atoms with Crippen LogP contribution in [0, 0.1) is 19.8 Å². The molecule has 1 aromatic carbocycles. The van der Waals surface area contributed by atoms with Gasteiger partial charge in [0.05, 0.1) is 5.69 Å². The maximum Gasteiger partial charge on any atom is 0.267 e. The van der Waals surface area contributed by atoms with Crippen LogP contribution in [0.5, 0.6) is 0 Å². The van der Waals surface area contributed by atoms with Crippen molar-refractivity contribution in [3.05, 3.63) is 51.3 Å². The summed E-state index contributed by atoms with van der Waals surface area (Å²) in [5.74, 6) is 0.627. The van der Waals surface area contributed by atoms with E-state index >= 15 is 0 Å². The van der Waals surface area contributed by atoms with Crippen LogP contribution in [0.1, 0.15) is 30.5 Å². The summed E-state index contributed by atoms with van der Waals surface area (Å²) in [6.07, 6.45) is 1.05. The lowest BCUT2D eigenvalue weighted by Gasteiger charge is -2.09. The van der Waals surface area contributed by atoms with Crippen LogP contribution < -0.4 is 5.56 Å². The number of benzene rings is 1. The highest BCUT2D eigenvalue weighted by atomic mass is 16.1. The van der Waals surface area contributed by atoms with E-state index in [1.165, 1.54) is 5.56 Å². The molecule has 0 aliphatic rings. The van der Waals surface area contributed by atoms with Crippen LogP contribution in [0.15, 0.2) is 29.1 Å². The Labute approximate surface area is 113 Å². The summed E-state index contributed by atoms with van der Waals surface area (Å²) in [6, 6.07) is 8.38. The van der Waals surface area contributed by atoms with E-state index in [2.05, 4.69) is 42.2 Å². The fourth-order valence-corrected chi connectivity index (χ4v) is 2.22. The summed E-state index contributed by atoms with van der Waals surface area (Å²) >= 11 is 0. The summed E-state index contributed by atoms with van der Waals surface area (Å²) in [6.45, 7) is 8.19. The second kappa shape index (κ2) is 5.39. The lowest BCUT2D eigenvalue weighted by Crippen LogP contribution is -2.14. The Morgan fingerprint density at radius 1 is 1.21 bits per heavy atom. The first kappa shape index (κ1) is 13.5. The fraction of sp³-hybridized carbons (Fsp3) is 0.375. The van der Waals surface area contributed by atoms with Crippen molar-refractivity contribution in [3.8, 4) is 11.3 Å². The van der Waals surface area contributed by atoms with Crippen LogP contribution in [0.2, 0.25) is 0 Å². The van der Waals surface area contributed by atoms with E-state index < -0.39 is 0 Å². The highest BCUT2D eigenvalue weighted by Gasteiger charge is 2.09. The predicted molar refractivity (Wildman–Crippen MR) is 78.3 cm³/mol. The molecular formula is C16H20N2O. The van der Waals surface area contributed by atoms with E-state index in [9.17, 15) is 4.79 Å². The third kappa shape index (κ3) is 2.92. The van der Waals surface area contributed by atoms with Gasteiger partial charge in [0.1, 0.15) is 0 Å². The Hall–Kier alpha value is -1.90. The number of H-pyrrole nitrogens is 1. The molecule has 100 valence electrons. The van der Waals surface area contributed by atoms with E-state index in [0.29, 0.717) is 5.92 Å². The van der Waals surface area contributed by atoms with E-state index in [1.807, 2.05) is 19.9 Å². The topological polar surface area (TPSA) is 45.8 Å². The zero-order valence-corrected chi connectivity index (χ0v) is 11.9. The molecule has 1 N–H and O–H groups in total. The maximum absolute atomic E-state index is 11.5. The van der Waals surface area contributed by atoms with Gasteiger partial charge in [-0.15, -0.1) is 0 Å². The lowest BCUT2D eigenvalue weighted by atomic mass is 9.98. The fourth-order valence-electron chi connectivity index (χ4n) is 2.22. The molecule has 3 nitrogen and oxygen atoms in total. The van der Waals surface area contributed by atoms with E-state index in [0.717, 1.165) is 28.8 Å². The van der Waals surface area contributed by atoms with Gasteiger partial charge in [-0.05, 0) is 43.4 Å². The number of aromatic amines is 1. The van der Waals surface area contributed by atoms with Crippen molar-refractivity contribution in [2.45, 2.75) is 34.1 Å². The third-order valence-corrected chi connectivity index (χ3v) is 3.37. The standard InChI is InChI=1S/C16H20N2O/c1-10(2)8-13-6-5-7-14(9-13)15-11(3)12(4)16(19)18-17-15/h5-7,9-10H,8H2,1-4H3,(H,18,19). The summed E-state index contributed by atoms with van der Waals surface area (Å²) in [4.78, 5) is 11.5. The van der Waals surface area contributed by atoms with Crippen molar-refractivity contribution >= 4 is 0 Å². The Kier molecular flexibility index (Phi) is 3.84. The number of hydrogen-bond acceptors (Lipinski definition) is 2. The largest absolute Gasteiger partial charge is 0.268 e. The summed E-state index contributed by atoms with van der Waals surface area (Å²) in [5.41, 5.74) is 4.81. The molecule has 0 aliphatic carbocycles. The van der Waals surface area contributed by atoms with E-state index in [1.54, 1.807) is 0 Å². The molecule has 0 amide bonds. The van der Waals surface area contributed by atoms with Crippen LogP contribution >= 0.6 is 0 Å². The van der Waals surface area contributed by atoms with Gasteiger partial charge in [-0.25, -0.2) is 5.10 Å². The Bertz CT molecular complexity index is 641. The average Bonchev–Trinajstić information content (AvgIpc) is 2.36. The van der Waals surface area contributed by atoms with Gasteiger partial charge in [0.15, 0.2) is 0 Å². The van der Waals surface area contributed by atoms with Crippen molar-refractivity contribution in [2.24, 2.45) is 5.92 Å². The molecule has 3 heteroatoms. The molecule has 0 radical (unpaired) electrons. The highest BCUT2D eigenvalue weighted by Crippen LogP contribution is 2.22. The molecule has 0 fully saturated rings. The Morgan fingerprint density at radius 3 is 2.63 bits per heavy atom. The molecule has 0 aliphatic heterocycles. The molecule has 2 aromatic rings. The van der Waals surface area contributed by atoms with E-state index in [-0.39, 0.29) is 5.56 Å². The van der Waals surface area contributed by atoms with Crippen molar-refractivity contribution in [3.63, 3.8) is 0 Å². The van der Waals surface area contributed by atoms with Crippen molar-refractivity contribution in [1.29, 1.82) is 0 Å². The minimum atomic E-state index is -0.111. The SMILES string of the molecule is Cc1c(-c2cccc(CC(C)C)c2)n[nH]c(=O)c1C.